The average Bonchev–Trinajstić information content (AvgIpc) is 2.37. The predicted octanol–water partition coefficient (Wildman–Crippen LogP) is 1.84. The number of hydrogen-bond donors (Lipinski definition) is 0. The highest BCUT2D eigenvalue weighted by Crippen LogP contribution is 2.22. The molecule has 92 valence electrons. The molecule has 1 rings (SSSR count). The van der Waals surface area contributed by atoms with E-state index < -0.39 is 0 Å². The molecule has 0 aliphatic heterocycles. The number of hydrogen-bond acceptors (Lipinski definition) is 4. The second-order valence-corrected chi connectivity index (χ2v) is 3.78. The van der Waals surface area contributed by atoms with Crippen molar-refractivity contribution >= 4 is 0 Å². The lowest BCUT2D eigenvalue weighted by Gasteiger charge is -2.22. The Morgan fingerprint density at radius 3 is 2.76 bits per heavy atom. The molecule has 1 aromatic rings. The van der Waals surface area contributed by atoms with Crippen LogP contribution >= 0.6 is 0 Å². The Kier molecular flexibility index (Phi) is 5.47. The van der Waals surface area contributed by atoms with Crippen LogP contribution in [0.5, 0.6) is 5.75 Å². The van der Waals surface area contributed by atoms with Gasteiger partial charge in [-0.2, -0.15) is 5.26 Å². The first-order valence-electron chi connectivity index (χ1n) is 5.45. The fourth-order valence-corrected chi connectivity index (χ4v) is 1.60. The van der Waals surface area contributed by atoms with E-state index in [-0.39, 0.29) is 6.04 Å². The first-order valence-corrected chi connectivity index (χ1v) is 5.45. The van der Waals surface area contributed by atoms with Crippen molar-refractivity contribution in [3.8, 4) is 11.8 Å². The molecule has 0 saturated heterocycles. The van der Waals surface area contributed by atoms with E-state index in [1.807, 2.05) is 36.2 Å². The van der Waals surface area contributed by atoms with Crippen LogP contribution in [0, 0.1) is 11.3 Å². The number of rotatable bonds is 6. The van der Waals surface area contributed by atoms with E-state index in [1.54, 1.807) is 14.2 Å². The van der Waals surface area contributed by atoms with Crippen molar-refractivity contribution in [2.75, 3.05) is 34.4 Å². The molecule has 0 aliphatic carbocycles. The minimum Gasteiger partial charge on any atom is -0.497 e. The third kappa shape index (κ3) is 3.74. The molecule has 0 bridgehead atoms. The number of benzene rings is 1. The van der Waals surface area contributed by atoms with Crippen LogP contribution in [0.15, 0.2) is 24.3 Å². The lowest BCUT2D eigenvalue weighted by Crippen LogP contribution is -2.27. The van der Waals surface area contributed by atoms with Crippen LogP contribution in [-0.2, 0) is 4.74 Å². The highest BCUT2D eigenvalue weighted by molar-refractivity contribution is 5.33. The van der Waals surface area contributed by atoms with Gasteiger partial charge >= 0.3 is 0 Å². The molecule has 0 N–H and O–H groups in total. The topological polar surface area (TPSA) is 45.5 Å². The average molecular weight is 234 g/mol. The van der Waals surface area contributed by atoms with E-state index in [2.05, 4.69) is 6.07 Å². The molecule has 0 saturated carbocycles. The first kappa shape index (κ1) is 13.5. The smallest absolute Gasteiger partial charge is 0.123 e. The van der Waals surface area contributed by atoms with Crippen LogP contribution in [0.2, 0.25) is 0 Å². The summed E-state index contributed by atoms with van der Waals surface area (Å²) in [4.78, 5) is 1.96. The van der Waals surface area contributed by atoms with Crippen molar-refractivity contribution in [1.29, 1.82) is 5.26 Å². The summed E-state index contributed by atoms with van der Waals surface area (Å²) in [5.74, 6) is 0.767. The fourth-order valence-electron chi connectivity index (χ4n) is 1.60. The van der Waals surface area contributed by atoms with Gasteiger partial charge in [-0.1, -0.05) is 12.1 Å². The van der Waals surface area contributed by atoms with Gasteiger partial charge in [0.15, 0.2) is 0 Å². The van der Waals surface area contributed by atoms with Gasteiger partial charge in [0.05, 0.1) is 19.8 Å². The molecule has 0 spiro atoms. The Balaban J connectivity index is 2.82. The number of nitrogens with zero attached hydrogens (tertiary/aromatic N) is 2. The summed E-state index contributed by atoms with van der Waals surface area (Å²) in [6, 6.07) is 9.59. The Morgan fingerprint density at radius 2 is 2.18 bits per heavy atom. The summed E-state index contributed by atoms with van der Waals surface area (Å²) >= 11 is 0. The van der Waals surface area contributed by atoms with Crippen molar-refractivity contribution in [2.24, 2.45) is 0 Å². The van der Waals surface area contributed by atoms with E-state index in [0.29, 0.717) is 13.2 Å². The quantitative estimate of drug-likeness (QED) is 0.753. The van der Waals surface area contributed by atoms with Gasteiger partial charge in [-0.15, -0.1) is 0 Å². The monoisotopic (exact) mass is 234 g/mol. The van der Waals surface area contributed by atoms with Gasteiger partial charge < -0.3 is 9.47 Å². The summed E-state index contributed by atoms with van der Waals surface area (Å²) in [6.07, 6.45) is 0. The molecule has 4 heteroatoms. The molecule has 1 aromatic carbocycles. The predicted molar refractivity (Wildman–Crippen MR) is 65.9 cm³/mol. The van der Waals surface area contributed by atoms with Crippen molar-refractivity contribution in [3.63, 3.8) is 0 Å². The zero-order valence-electron chi connectivity index (χ0n) is 10.5. The van der Waals surface area contributed by atoms with Crippen LogP contribution in [0.3, 0.4) is 0 Å². The molecule has 0 fully saturated rings. The van der Waals surface area contributed by atoms with Crippen LogP contribution in [0.1, 0.15) is 11.6 Å². The molecule has 0 amide bonds. The van der Waals surface area contributed by atoms with Gasteiger partial charge in [0.1, 0.15) is 11.8 Å². The van der Waals surface area contributed by atoms with Crippen molar-refractivity contribution in [3.05, 3.63) is 29.8 Å². The van der Waals surface area contributed by atoms with E-state index in [4.69, 9.17) is 9.47 Å². The highest BCUT2D eigenvalue weighted by atomic mass is 16.5. The third-order valence-corrected chi connectivity index (χ3v) is 2.62. The molecule has 0 aliphatic rings. The summed E-state index contributed by atoms with van der Waals surface area (Å²) in [6.45, 7) is 1.32. The zero-order chi connectivity index (χ0) is 12.7. The summed E-state index contributed by atoms with van der Waals surface area (Å²) < 4.78 is 10.2. The van der Waals surface area contributed by atoms with Crippen LogP contribution in [0.25, 0.3) is 0 Å². The number of likely N-dealkylation sites (N-methyl/N-ethyl adjacent to an activating group) is 1. The van der Waals surface area contributed by atoms with E-state index in [0.717, 1.165) is 11.3 Å². The van der Waals surface area contributed by atoms with Gasteiger partial charge in [0, 0.05) is 13.7 Å². The van der Waals surface area contributed by atoms with Gasteiger partial charge in [0.2, 0.25) is 0 Å². The standard InChI is InChI=1S/C13H18N2O2/c1-15(7-8-16-2)13(10-14)11-5-4-6-12(9-11)17-3/h4-6,9,13H,7-8H2,1-3H3. The molecular formula is C13H18N2O2. The number of ether oxygens (including phenoxy) is 2. The van der Waals surface area contributed by atoms with Crippen molar-refractivity contribution in [2.45, 2.75) is 6.04 Å². The Hall–Kier alpha value is -1.57. The molecule has 4 nitrogen and oxygen atoms in total. The van der Waals surface area contributed by atoms with Gasteiger partial charge in [-0.3, -0.25) is 4.90 Å². The maximum atomic E-state index is 9.24. The molecule has 1 atom stereocenters. The summed E-state index contributed by atoms with van der Waals surface area (Å²) in [5, 5.41) is 9.24. The lowest BCUT2D eigenvalue weighted by molar-refractivity contribution is 0.151. The minimum atomic E-state index is -0.278. The first-order chi connectivity index (χ1) is 8.22. The normalized spacial score (nSPS) is 12.2. The SMILES string of the molecule is COCCN(C)C(C#N)c1cccc(OC)c1. The van der Waals surface area contributed by atoms with Crippen LogP contribution in [-0.4, -0.2) is 39.3 Å². The van der Waals surface area contributed by atoms with E-state index in [9.17, 15) is 5.26 Å². The third-order valence-electron chi connectivity index (χ3n) is 2.62. The summed E-state index contributed by atoms with van der Waals surface area (Å²) in [7, 11) is 5.18. The molecule has 17 heavy (non-hydrogen) atoms. The van der Waals surface area contributed by atoms with E-state index >= 15 is 0 Å². The molecule has 1 unspecified atom stereocenters. The summed E-state index contributed by atoms with van der Waals surface area (Å²) in [5.41, 5.74) is 0.936. The second-order valence-electron chi connectivity index (χ2n) is 3.78. The van der Waals surface area contributed by atoms with Crippen LogP contribution < -0.4 is 4.74 Å². The van der Waals surface area contributed by atoms with Gasteiger partial charge in [-0.05, 0) is 24.7 Å². The minimum absolute atomic E-state index is 0.278. The van der Waals surface area contributed by atoms with Crippen molar-refractivity contribution < 1.29 is 9.47 Å². The molecule has 0 radical (unpaired) electrons. The second kappa shape index (κ2) is 6.89. The maximum absolute atomic E-state index is 9.24. The largest absolute Gasteiger partial charge is 0.497 e. The van der Waals surface area contributed by atoms with Gasteiger partial charge in [-0.25, -0.2) is 0 Å². The van der Waals surface area contributed by atoms with Gasteiger partial charge in [0.25, 0.3) is 0 Å². The Bertz CT molecular complexity index is 387. The Morgan fingerprint density at radius 1 is 1.41 bits per heavy atom. The van der Waals surface area contributed by atoms with Crippen molar-refractivity contribution in [1.82, 2.24) is 4.90 Å². The molecule has 0 heterocycles. The maximum Gasteiger partial charge on any atom is 0.123 e. The number of nitriles is 1. The zero-order valence-corrected chi connectivity index (χ0v) is 10.5. The fraction of sp³-hybridized carbons (Fsp3) is 0.462. The molecule has 0 aromatic heterocycles. The number of methoxy groups -OCH3 is 2. The highest BCUT2D eigenvalue weighted by Gasteiger charge is 2.16. The van der Waals surface area contributed by atoms with Crippen LogP contribution in [0.4, 0.5) is 0 Å². The van der Waals surface area contributed by atoms with E-state index in [1.165, 1.54) is 0 Å². The lowest BCUT2D eigenvalue weighted by atomic mass is 10.1. The Labute approximate surface area is 102 Å². The molecular weight excluding hydrogens is 216 g/mol.